The van der Waals surface area contributed by atoms with Gasteiger partial charge in [0, 0.05) is 49.7 Å². The molecule has 32 heavy (non-hydrogen) atoms. The molecule has 0 saturated carbocycles. The minimum atomic E-state index is -0.688. The van der Waals surface area contributed by atoms with Crippen LogP contribution in [0.25, 0.3) is 5.57 Å². The van der Waals surface area contributed by atoms with Crippen LogP contribution in [0, 0.1) is 0 Å². The lowest BCUT2D eigenvalue weighted by atomic mass is 9.99. The van der Waals surface area contributed by atoms with Gasteiger partial charge >= 0.3 is 0 Å². The molecule has 0 aliphatic carbocycles. The van der Waals surface area contributed by atoms with Crippen LogP contribution in [0.2, 0.25) is 0 Å². The van der Waals surface area contributed by atoms with Crippen LogP contribution in [0.15, 0.2) is 36.8 Å². The Hall–Kier alpha value is -3.17. The first-order valence-electron chi connectivity index (χ1n) is 10.6. The molecule has 0 radical (unpaired) electrons. The summed E-state index contributed by atoms with van der Waals surface area (Å²) in [6.45, 7) is 7.72. The van der Waals surface area contributed by atoms with Crippen LogP contribution in [0.5, 0.6) is 5.75 Å². The molecule has 170 valence electrons. The number of nitrogens with zero attached hydrogens (tertiary/aromatic N) is 3. The lowest BCUT2D eigenvalue weighted by molar-refractivity contribution is -0.111. The molecule has 1 amide bonds. The van der Waals surface area contributed by atoms with Gasteiger partial charge < -0.3 is 30.5 Å². The van der Waals surface area contributed by atoms with Gasteiger partial charge in [0.25, 0.3) is 5.91 Å². The molecule has 1 saturated heterocycles. The minimum absolute atomic E-state index is 0.102. The van der Waals surface area contributed by atoms with Crippen LogP contribution in [0.3, 0.4) is 0 Å². The van der Waals surface area contributed by atoms with Crippen LogP contribution < -0.4 is 20.7 Å². The number of carbonyl (C=O) groups excluding carboxylic acids is 1. The number of hydrogen-bond donors (Lipinski definition) is 3. The standard InChI is InChI=1S/C23H29N5O4/c1-22(2)13-28(7-8-31-22)18-10-19-15(11-23(3,14-29)32-19)9-17(18)27-21(30)16(12-24)20-25-5-4-6-26-20/h4-6,9-10,12,29H,7-8,11,13-14,24H2,1-3H3,(H,27,30). The van der Waals surface area contributed by atoms with Crippen molar-refractivity contribution in [3.8, 4) is 5.75 Å². The smallest absolute Gasteiger partial charge is 0.261 e. The van der Waals surface area contributed by atoms with Gasteiger partial charge in [0.05, 0.1) is 35.8 Å². The third-order valence-electron chi connectivity index (χ3n) is 5.67. The maximum absolute atomic E-state index is 13.1. The number of aliphatic hydroxyl groups excluding tert-OH is 1. The van der Waals surface area contributed by atoms with E-state index >= 15 is 0 Å². The van der Waals surface area contributed by atoms with E-state index in [1.165, 1.54) is 6.20 Å². The maximum Gasteiger partial charge on any atom is 0.261 e. The Morgan fingerprint density at radius 3 is 2.72 bits per heavy atom. The van der Waals surface area contributed by atoms with Crippen LogP contribution in [0.4, 0.5) is 11.4 Å². The van der Waals surface area contributed by atoms with Crippen molar-refractivity contribution in [3.05, 3.63) is 48.2 Å². The third kappa shape index (κ3) is 4.39. The fourth-order valence-electron chi connectivity index (χ4n) is 4.10. The second kappa shape index (κ2) is 8.40. The summed E-state index contributed by atoms with van der Waals surface area (Å²) in [4.78, 5) is 23.6. The zero-order chi connectivity index (χ0) is 22.9. The monoisotopic (exact) mass is 439 g/mol. The number of fused-ring (bicyclic) bond motifs is 1. The first-order chi connectivity index (χ1) is 15.2. The largest absolute Gasteiger partial charge is 0.484 e. The van der Waals surface area contributed by atoms with E-state index in [9.17, 15) is 9.90 Å². The lowest BCUT2D eigenvalue weighted by Crippen LogP contribution is -2.48. The number of anilines is 2. The summed E-state index contributed by atoms with van der Waals surface area (Å²) in [7, 11) is 0. The number of amides is 1. The quantitative estimate of drug-likeness (QED) is 0.602. The average molecular weight is 440 g/mol. The third-order valence-corrected chi connectivity index (χ3v) is 5.67. The first kappa shape index (κ1) is 22.0. The second-order valence-electron chi connectivity index (χ2n) is 9.00. The Morgan fingerprint density at radius 2 is 2.06 bits per heavy atom. The van der Waals surface area contributed by atoms with Gasteiger partial charge in [0.2, 0.25) is 0 Å². The number of rotatable bonds is 5. The van der Waals surface area contributed by atoms with Gasteiger partial charge in [-0.15, -0.1) is 0 Å². The summed E-state index contributed by atoms with van der Waals surface area (Å²) in [5, 5.41) is 12.8. The van der Waals surface area contributed by atoms with Crippen molar-refractivity contribution < 1.29 is 19.4 Å². The van der Waals surface area contributed by atoms with Gasteiger partial charge in [0.1, 0.15) is 11.4 Å². The molecule has 9 nitrogen and oxygen atoms in total. The number of nitrogens with two attached hydrogens (primary N) is 1. The molecule has 3 heterocycles. The Kier molecular flexibility index (Phi) is 5.79. The number of ether oxygens (including phenoxy) is 2. The summed E-state index contributed by atoms with van der Waals surface area (Å²) in [5.41, 5.74) is 7.27. The molecule has 4 rings (SSSR count). The average Bonchev–Trinajstić information content (AvgIpc) is 3.09. The molecule has 2 aromatic rings. The molecule has 2 aliphatic rings. The Balaban J connectivity index is 1.70. The van der Waals surface area contributed by atoms with E-state index in [0.29, 0.717) is 37.6 Å². The number of morpholine rings is 1. The van der Waals surface area contributed by atoms with Crippen molar-refractivity contribution in [2.45, 2.75) is 38.4 Å². The van der Waals surface area contributed by atoms with E-state index in [1.807, 2.05) is 32.9 Å². The van der Waals surface area contributed by atoms with Crippen LogP contribution >= 0.6 is 0 Å². The highest BCUT2D eigenvalue weighted by molar-refractivity contribution is 6.24. The molecular weight excluding hydrogens is 410 g/mol. The molecule has 1 unspecified atom stereocenters. The number of benzene rings is 1. The molecule has 1 aromatic heterocycles. The van der Waals surface area contributed by atoms with Crippen molar-refractivity contribution in [1.82, 2.24) is 9.97 Å². The van der Waals surface area contributed by atoms with Crippen molar-refractivity contribution >= 4 is 22.9 Å². The van der Waals surface area contributed by atoms with Crippen LogP contribution in [-0.2, 0) is 16.0 Å². The van der Waals surface area contributed by atoms with Gasteiger partial charge in [-0.2, -0.15) is 0 Å². The fourth-order valence-corrected chi connectivity index (χ4v) is 4.10. The van der Waals surface area contributed by atoms with E-state index in [2.05, 4.69) is 20.2 Å². The van der Waals surface area contributed by atoms with Gasteiger partial charge in [-0.3, -0.25) is 4.79 Å². The van der Waals surface area contributed by atoms with Crippen molar-refractivity contribution in [2.24, 2.45) is 5.73 Å². The Labute approximate surface area is 187 Å². The van der Waals surface area contributed by atoms with Gasteiger partial charge in [-0.25, -0.2) is 9.97 Å². The second-order valence-corrected chi connectivity index (χ2v) is 9.00. The number of hydrogen-bond acceptors (Lipinski definition) is 8. The lowest BCUT2D eigenvalue weighted by Gasteiger charge is -2.40. The summed E-state index contributed by atoms with van der Waals surface area (Å²) in [5.74, 6) is 0.551. The molecule has 1 fully saturated rings. The topological polar surface area (TPSA) is 123 Å². The molecule has 2 aliphatic heterocycles. The zero-order valence-electron chi connectivity index (χ0n) is 18.6. The highest BCUT2D eigenvalue weighted by Gasteiger charge is 2.37. The van der Waals surface area contributed by atoms with Crippen molar-refractivity contribution in [2.75, 3.05) is 36.5 Å². The molecule has 1 atom stereocenters. The molecule has 9 heteroatoms. The fraction of sp³-hybridized carbons (Fsp3) is 0.435. The van der Waals surface area contributed by atoms with E-state index in [0.717, 1.165) is 11.3 Å². The van der Waals surface area contributed by atoms with Gasteiger partial charge in [0.15, 0.2) is 5.82 Å². The first-order valence-corrected chi connectivity index (χ1v) is 10.6. The van der Waals surface area contributed by atoms with Crippen molar-refractivity contribution in [1.29, 1.82) is 0 Å². The SMILES string of the molecule is CC1(C)CN(c2cc3c(cc2NC(=O)C(=CN)c2ncccn2)CC(C)(CO)O3)CCO1. The van der Waals surface area contributed by atoms with Crippen LogP contribution in [-0.4, -0.2) is 58.5 Å². The highest BCUT2D eigenvalue weighted by Crippen LogP contribution is 2.42. The van der Waals surface area contributed by atoms with E-state index in [1.54, 1.807) is 18.5 Å². The summed E-state index contributed by atoms with van der Waals surface area (Å²) < 4.78 is 11.9. The Morgan fingerprint density at radius 1 is 1.31 bits per heavy atom. The highest BCUT2D eigenvalue weighted by atomic mass is 16.5. The molecular formula is C23H29N5O4. The predicted molar refractivity (Wildman–Crippen MR) is 121 cm³/mol. The number of nitrogens with one attached hydrogen (secondary N) is 1. The molecule has 0 spiro atoms. The number of aliphatic hydroxyl groups is 1. The van der Waals surface area contributed by atoms with Gasteiger partial charge in [-0.05, 0) is 32.9 Å². The van der Waals surface area contributed by atoms with E-state index < -0.39 is 11.5 Å². The normalized spacial score (nSPS) is 22.2. The van der Waals surface area contributed by atoms with E-state index in [4.69, 9.17) is 15.2 Å². The number of aromatic nitrogens is 2. The minimum Gasteiger partial charge on any atom is -0.484 e. The zero-order valence-corrected chi connectivity index (χ0v) is 18.6. The Bertz CT molecular complexity index is 1040. The number of carbonyl (C=O) groups is 1. The summed E-state index contributed by atoms with van der Waals surface area (Å²) in [6, 6.07) is 5.51. The van der Waals surface area contributed by atoms with Crippen LogP contribution in [0.1, 0.15) is 32.2 Å². The summed E-state index contributed by atoms with van der Waals surface area (Å²) in [6.07, 6.45) is 4.87. The van der Waals surface area contributed by atoms with Gasteiger partial charge in [-0.1, -0.05) is 0 Å². The predicted octanol–water partition coefficient (Wildman–Crippen LogP) is 1.72. The molecule has 0 bridgehead atoms. The summed E-state index contributed by atoms with van der Waals surface area (Å²) >= 11 is 0. The molecule has 4 N–H and O–H groups in total. The van der Waals surface area contributed by atoms with Crippen molar-refractivity contribution in [3.63, 3.8) is 0 Å². The van der Waals surface area contributed by atoms with E-state index in [-0.39, 0.29) is 23.6 Å². The molecule has 1 aromatic carbocycles. The maximum atomic E-state index is 13.1.